The van der Waals surface area contributed by atoms with E-state index < -0.39 is 0 Å². The van der Waals surface area contributed by atoms with Crippen LogP contribution in [-0.2, 0) is 6.54 Å². The molecule has 22 heavy (non-hydrogen) atoms. The van der Waals surface area contributed by atoms with Gasteiger partial charge < -0.3 is 4.90 Å². The number of rotatable bonds is 4. The first kappa shape index (κ1) is 14.0. The second kappa shape index (κ2) is 6.22. The van der Waals surface area contributed by atoms with Crippen molar-refractivity contribution < 1.29 is 4.79 Å². The SMILES string of the molecule is CN(Cc1ccccc1)C(=O)c1ccc(-n2ccnc2)nc1. The second-order valence-corrected chi connectivity index (χ2v) is 5.02. The summed E-state index contributed by atoms with van der Waals surface area (Å²) in [4.78, 5) is 22.4. The van der Waals surface area contributed by atoms with Gasteiger partial charge in [0, 0.05) is 32.2 Å². The molecule has 2 heterocycles. The van der Waals surface area contributed by atoms with E-state index >= 15 is 0 Å². The van der Waals surface area contributed by atoms with E-state index in [0.717, 1.165) is 11.4 Å². The number of aromatic nitrogens is 3. The van der Waals surface area contributed by atoms with Crippen LogP contribution >= 0.6 is 0 Å². The lowest BCUT2D eigenvalue weighted by atomic mass is 10.2. The maximum atomic E-state index is 12.4. The summed E-state index contributed by atoms with van der Waals surface area (Å²) in [5, 5.41) is 0. The van der Waals surface area contributed by atoms with Crippen LogP contribution in [0.1, 0.15) is 15.9 Å². The molecule has 0 aliphatic carbocycles. The monoisotopic (exact) mass is 292 g/mol. The fourth-order valence-corrected chi connectivity index (χ4v) is 2.21. The third-order valence-corrected chi connectivity index (χ3v) is 3.37. The van der Waals surface area contributed by atoms with Crippen LogP contribution in [-0.4, -0.2) is 32.4 Å². The summed E-state index contributed by atoms with van der Waals surface area (Å²) in [5.41, 5.74) is 1.67. The van der Waals surface area contributed by atoms with Gasteiger partial charge in [-0.25, -0.2) is 9.97 Å². The van der Waals surface area contributed by atoms with Crippen molar-refractivity contribution in [3.8, 4) is 5.82 Å². The lowest BCUT2D eigenvalue weighted by Crippen LogP contribution is -2.26. The van der Waals surface area contributed by atoms with Crippen LogP contribution in [0.15, 0.2) is 67.4 Å². The minimum atomic E-state index is -0.0477. The van der Waals surface area contributed by atoms with Crippen molar-refractivity contribution in [3.63, 3.8) is 0 Å². The zero-order valence-corrected chi connectivity index (χ0v) is 12.3. The molecule has 5 heteroatoms. The third-order valence-electron chi connectivity index (χ3n) is 3.37. The highest BCUT2D eigenvalue weighted by Gasteiger charge is 2.12. The Balaban J connectivity index is 1.72. The van der Waals surface area contributed by atoms with Crippen LogP contribution < -0.4 is 0 Å². The highest BCUT2D eigenvalue weighted by atomic mass is 16.2. The van der Waals surface area contributed by atoms with Crippen molar-refractivity contribution in [2.24, 2.45) is 0 Å². The average Bonchev–Trinajstić information content (AvgIpc) is 3.10. The van der Waals surface area contributed by atoms with E-state index in [0.29, 0.717) is 12.1 Å². The van der Waals surface area contributed by atoms with Gasteiger partial charge in [0.1, 0.15) is 12.1 Å². The quantitative estimate of drug-likeness (QED) is 0.742. The summed E-state index contributed by atoms with van der Waals surface area (Å²) in [5.74, 6) is 0.688. The van der Waals surface area contributed by atoms with Crippen LogP contribution in [0.3, 0.4) is 0 Å². The lowest BCUT2D eigenvalue weighted by molar-refractivity contribution is 0.0784. The molecule has 1 amide bonds. The summed E-state index contributed by atoms with van der Waals surface area (Å²) in [7, 11) is 1.79. The molecule has 2 aromatic heterocycles. The van der Waals surface area contributed by atoms with Crippen molar-refractivity contribution in [3.05, 3.63) is 78.5 Å². The zero-order valence-electron chi connectivity index (χ0n) is 12.3. The molecular formula is C17H16N4O. The van der Waals surface area contributed by atoms with Gasteiger partial charge in [0.2, 0.25) is 0 Å². The van der Waals surface area contributed by atoms with Gasteiger partial charge in [-0.3, -0.25) is 9.36 Å². The molecule has 0 saturated carbocycles. The second-order valence-electron chi connectivity index (χ2n) is 5.02. The fourth-order valence-electron chi connectivity index (χ4n) is 2.21. The third kappa shape index (κ3) is 3.03. The number of hydrogen-bond donors (Lipinski definition) is 0. The number of imidazole rings is 1. The highest BCUT2D eigenvalue weighted by molar-refractivity contribution is 5.93. The minimum Gasteiger partial charge on any atom is -0.337 e. The Morgan fingerprint density at radius 1 is 1.18 bits per heavy atom. The zero-order chi connectivity index (χ0) is 15.4. The molecule has 5 nitrogen and oxygen atoms in total. The van der Waals surface area contributed by atoms with Crippen LogP contribution in [0.4, 0.5) is 0 Å². The summed E-state index contributed by atoms with van der Waals surface area (Å²) < 4.78 is 1.79. The molecule has 0 unspecified atom stereocenters. The van der Waals surface area contributed by atoms with Crippen LogP contribution in [0, 0.1) is 0 Å². The van der Waals surface area contributed by atoms with Gasteiger partial charge in [-0.05, 0) is 17.7 Å². The molecule has 0 fully saturated rings. The van der Waals surface area contributed by atoms with Gasteiger partial charge in [-0.15, -0.1) is 0 Å². The van der Waals surface area contributed by atoms with E-state index in [4.69, 9.17) is 0 Å². The van der Waals surface area contributed by atoms with E-state index in [2.05, 4.69) is 9.97 Å². The maximum Gasteiger partial charge on any atom is 0.255 e. The first-order valence-corrected chi connectivity index (χ1v) is 6.98. The van der Waals surface area contributed by atoms with Crippen molar-refractivity contribution >= 4 is 5.91 Å². The molecule has 1 aromatic carbocycles. The maximum absolute atomic E-state index is 12.4. The predicted octanol–water partition coefficient (Wildman–Crippen LogP) is 2.54. The Bertz CT molecular complexity index is 736. The van der Waals surface area contributed by atoms with E-state index in [1.54, 1.807) is 41.3 Å². The Kier molecular flexibility index (Phi) is 3.96. The van der Waals surface area contributed by atoms with E-state index in [9.17, 15) is 4.79 Å². The van der Waals surface area contributed by atoms with E-state index in [-0.39, 0.29) is 5.91 Å². The van der Waals surface area contributed by atoms with Crippen LogP contribution in [0.2, 0.25) is 0 Å². The number of benzene rings is 1. The number of amides is 1. The van der Waals surface area contributed by atoms with Crippen molar-refractivity contribution in [1.29, 1.82) is 0 Å². The topological polar surface area (TPSA) is 51.0 Å². The van der Waals surface area contributed by atoms with Gasteiger partial charge in [0.05, 0.1) is 5.56 Å². The van der Waals surface area contributed by atoms with Crippen molar-refractivity contribution in [1.82, 2.24) is 19.4 Å². The molecule has 3 aromatic rings. The number of hydrogen-bond acceptors (Lipinski definition) is 3. The number of carbonyl (C=O) groups excluding carboxylic acids is 1. The Morgan fingerprint density at radius 3 is 2.64 bits per heavy atom. The first-order chi connectivity index (χ1) is 10.7. The predicted molar refractivity (Wildman–Crippen MR) is 83.6 cm³/mol. The minimum absolute atomic E-state index is 0.0477. The molecule has 3 rings (SSSR count). The fraction of sp³-hybridized carbons (Fsp3) is 0.118. The van der Waals surface area contributed by atoms with Crippen LogP contribution in [0.5, 0.6) is 0 Å². The van der Waals surface area contributed by atoms with Gasteiger partial charge >= 0.3 is 0 Å². The normalized spacial score (nSPS) is 10.4. The molecular weight excluding hydrogens is 276 g/mol. The summed E-state index contributed by atoms with van der Waals surface area (Å²) in [6, 6.07) is 13.5. The smallest absolute Gasteiger partial charge is 0.255 e. The van der Waals surface area contributed by atoms with E-state index in [1.165, 1.54) is 0 Å². The molecule has 0 saturated heterocycles. The molecule has 0 bridgehead atoms. The number of carbonyl (C=O) groups is 1. The number of nitrogens with zero attached hydrogens (tertiary/aromatic N) is 4. The summed E-state index contributed by atoms with van der Waals surface area (Å²) in [6.07, 6.45) is 6.77. The van der Waals surface area contributed by atoms with Gasteiger partial charge in [-0.2, -0.15) is 0 Å². The van der Waals surface area contributed by atoms with Crippen molar-refractivity contribution in [2.45, 2.75) is 6.54 Å². The highest BCUT2D eigenvalue weighted by Crippen LogP contribution is 2.10. The molecule has 0 atom stereocenters. The molecule has 0 radical (unpaired) electrons. The largest absolute Gasteiger partial charge is 0.337 e. The van der Waals surface area contributed by atoms with Gasteiger partial charge in [0.15, 0.2) is 0 Å². The molecule has 110 valence electrons. The Morgan fingerprint density at radius 2 is 2.00 bits per heavy atom. The lowest BCUT2D eigenvalue weighted by Gasteiger charge is -2.17. The Labute approximate surface area is 128 Å². The summed E-state index contributed by atoms with van der Waals surface area (Å²) >= 11 is 0. The standard InChI is InChI=1S/C17H16N4O/c1-20(12-14-5-3-2-4-6-14)17(22)15-7-8-16(19-11-15)21-10-9-18-13-21/h2-11,13H,12H2,1H3. The number of pyridine rings is 1. The van der Waals surface area contributed by atoms with Crippen molar-refractivity contribution in [2.75, 3.05) is 7.05 Å². The summed E-state index contributed by atoms with van der Waals surface area (Å²) in [6.45, 7) is 0.572. The van der Waals surface area contributed by atoms with Crippen LogP contribution in [0.25, 0.3) is 5.82 Å². The molecule has 0 spiro atoms. The molecule has 0 N–H and O–H groups in total. The van der Waals surface area contributed by atoms with Gasteiger partial charge in [-0.1, -0.05) is 30.3 Å². The molecule has 0 aliphatic heterocycles. The first-order valence-electron chi connectivity index (χ1n) is 6.98. The van der Waals surface area contributed by atoms with Gasteiger partial charge in [0.25, 0.3) is 5.91 Å². The Hall–Kier alpha value is -2.95. The van der Waals surface area contributed by atoms with E-state index in [1.807, 2.05) is 42.6 Å². The average molecular weight is 292 g/mol. The molecule has 0 aliphatic rings.